The molecule has 23 heavy (non-hydrogen) atoms. The van der Waals surface area contributed by atoms with Gasteiger partial charge < -0.3 is 15.4 Å². The van der Waals surface area contributed by atoms with E-state index in [1.807, 2.05) is 0 Å². The van der Waals surface area contributed by atoms with Crippen LogP contribution in [0.2, 0.25) is 10.0 Å². The largest absolute Gasteiger partial charge is 0.466 e. The average Bonchev–Trinajstić information content (AvgIpc) is 2.51. The number of fused-ring (bicyclic) bond motifs is 1. The van der Waals surface area contributed by atoms with Gasteiger partial charge in [0.15, 0.2) is 5.82 Å². The number of anilines is 2. The van der Waals surface area contributed by atoms with Crippen LogP contribution in [0, 0.1) is 0 Å². The Bertz CT molecular complexity index is 812. The molecule has 1 aromatic heterocycles. The Labute approximate surface area is 141 Å². The minimum absolute atomic E-state index is 0.0950. The molecular weight excluding hydrogens is 341 g/mol. The Morgan fingerprint density at radius 1 is 1.35 bits per heavy atom. The summed E-state index contributed by atoms with van der Waals surface area (Å²) in [5.41, 5.74) is -1.25. The van der Waals surface area contributed by atoms with E-state index < -0.39 is 17.4 Å². The van der Waals surface area contributed by atoms with Crippen molar-refractivity contribution in [3.63, 3.8) is 0 Å². The highest BCUT2D eigenvalue weighted by Gasteiger charge is 2.47. The van der Waals surface area contributed by atoms with Crippen molar-refractivity contribution in [2.75, 3.05) is 10.6 Å². The van der Waals surface area contributed by atoms with E-state index in [-0.39, 0.29) is 10.8 Å². The summed E-state index contributed by atoms with van der Waals surface area (Å²) in [5.74, 6) is -0.780. The summed E-state index contributed by atoms with van der Waals surface area (Å²) in [6.45, 7) is 1.37. The quantitative estimate of drug-likeness (QED) is 0.814. The maximum Gasteiger partial charge on any atom is 0.279 e. The lowest BCUT2D eigenvalue weighted by Gasteiger charge is -2.33. The second kappa shape index (κ2) is 5.72. The highest BCUT2D eigenvalue weighted by molar-refractivity contribution is 6.36. The van der Waals surface area contributed by atoms with E-state index in [0.717, 1.165) is 0 Å². The summed E-state index contributed by atoms with van der Waals surface area (Å²) in [6, 6.07) is 8.27. The zero-order chi connectivity index (χ0) is 16.6. The first-order valence-corrected chi connectivity index (χ1v) is 7.38. The molecule has 3 rings (SSSR count). The second-order valence-electron chi connectivity index (χ2n) is 5.02. The topological polar surface area (TPSA) is 80.3 Å². The number of carbonyl (C=O) groups is 2. The minimum Gasteiger partial charge on any atom is -0.466 e. The molecule has 1 atom stereocenters. The molecule has 118 valence electrons. The number of pyridine rings is 1. The van der Waals surface area contributed by atoms with Crippen LogP contribution in [-0.2, 0) is 9.59 Å². The number of rotatable bonds is 2. The van der Waals surface area contributed by atoms with Crippen molar-refractivity contribution in [3.05, 3.63) is 46.6 Å². The molecule has 1 aliphatic rings. The van der Waals surface area contributed by atoms with Crippen LogP contribution in [0.15, 0.2) is 36.5 Å². The number of amides is 2. The fourth-order valence-corrected chi connectivity index (χ4v) is 2.48. The number of hydrogen-bond acceptors (Lipinski definition) is 4. The van der Waals surface area contributed by atoms with Crippen LogP contribution >= 0.6 is 23.2 Å². The van der Waals surface area contributed by atoms with E-state index in [9.17, 15) is 9.59 Å². The first-order valence-electron chi connectivity index (χ1n) is 6.62. The zero-order valence-electron chi connectivity index (χ0n) is 11.9. The molecule has 0 radical (unpaired) electrons. The third-order valence-corrected chi connectivity index (χ3v) is 3.85. The van der Waals surface area contributed by atoms with Gasteiger partial charge in [0.25, 0.3) is 17.4 Å². The van der Waals surface area contributed by atoms with Crippen molar-refractivity contribution in [1.29, 1.82) is 0 Å². The van der Waals surface area contributed by atoms with Crippen molar-refractivity contribution in [3.8, 4) is 5.75 Å². The molecule has 2 N–H and O–H groups in total. The minimum atomic E-state index is -1.75. The first kappa shape index (κ1) is 15.6. The lowest BCUT2D eigenvalue weighted by atomic mass is 10.0. The number of nitrogens with one attached hydrogen (secondary N) is 2. The number of benzene rings is 1. The highest BCUT2D eigenvalue weighted by Crippen LogP contribution is 2.34. The lowest BCUT2D eigenvalue weighted by molar-refractivity contribution is -0.143. The number of hydrogen-bond donors (Lipinski definition) is 2. The Kier molecular flexibility index (Phi) is 3.87. The normalized spacial score (nSPS) is 19.3. The Morgan fingerprint density at radius 3 is 2.83 bits per heavy atom. The number of nitrogens with zero attached hydrogens (tertiary/aromatic N) is 1. The molecule has 0 saturated heterocycles. The van der Waals surface area contributed by atoms with E-state index in [4.69, 9.17) is 27.9 Å². The van der Waals surface area contributed by atoms with Crippen molar-refractivity contribution >= 4 is 46.5 Å². The van der Waals surface area contributed by atoms with Gasteiger partial charge in [0, 0.05) is 6.20 Å². The molecule has 6 nitrogen and oxygen atoms in total. The number of halogens is 2. The van der Waals surface area contributed by atoms with Crippen LogP contribution in [0.4, 0.5) is 11.5 Å². The van der Waals surface area contributed by atoms with E-state index in [0.29, 0.717) is 16.5 Å². The van der Waals surface area contributed by atoms with Crippen molar-refractivity contribution in [1.82, 2.24) is 4.98 Å². The summed E-state index contributed by atoms with van der Waals surface area (Å²) in [6.07, 6.45) is 1.34. The van der Waals surface area contributed by atoms with Gasteiger partial charge in [0.2, 0.25) is 0 Å². The molecule has 2 amide bonds. The van der Waals surface area contributed by atoms with Crippen LogP contribution in [-0.4, -0.2) is 22.4 Å². The summed E-state index contributed by atoms with van der Waals surface area (Å²) >= 11 is 11.7. The molecule has 2 heterocycles. The fraction of sp³-hybridized carbons (Fsp3) is 0.133. The molecule has 0 aliphatic carbocycles. The van der Waals surface area contributed by atoms with Gasteiger partial charge in [0.05, 0.1) is 15.7 Å². The zero-order valence-corrected chi connectivity index (χ0v) is 13.4. The van der Waals surface area contributed by atoms with Gasteiger partial charge in [0.1, 0.15) is 5.75 Å². The van der Waals surface area contributed by atoms with Crippen LogP contribution in [0.3, 0.4) is 0 Å². The Balaban J connectivity index is 1.88. The number of aromatic nitrogens is 1. The first-order chi connectivity index (χ1) is 10.9. The second-order valence-corrected chi connectivity index (χ2v) is 5.87. The number of para-hydroxylation sites is 2. The number of ether oxygens (including phenoxy) is 1. The van der Waals surface area contributed by atoms with Gasteiger partial charge in [-0.15, -0.1) is 0 Å². The summed E-state index contributed by atoms with van der Waals surface area (Å²) in [5, 5.41) is 5.62. The molecule has 0 saturated carbocycles. The Hall–Kier alpha value is -2.31. The predicted octanol–water partition coefficient (Wildman–Crippen LogP) is 3.12. The van der Waals surface area contributed by atoms with Gasteiger partial charge in [-0.05, 0) is 25.1 Å². The molecule has 1 aromatic carbocycles. The fourth-order valence-electron chi connectivity index (χ4n) is 2.05. The monoisotopic (exact) mass is 351 g/mol. The SMILES string of the molecule is CC1(C(=O)Nc2ncc(Cl)cc2Cl)Oc2ccccc2NC1=O. The van der Waals surface area contributed by atoms with Gasteiger partial charge in [-0.25, -0.2) is 4.98 Å². The molecule has 0 bridgehead atoms. The van der Waals surface area contributed by atoms with Gasteiger partial charge >= 0.3 is 0 Å². The Morgan fingerprint density at radius 2 is 2.09 bits per heavy atom. The maximum absolute atomic E-state index is 12.5. The van der Waals surface area contributed by atoms with Crippen molar-refractivity contribution < 1.29 is 14.3 Å². The highest BCUT2D eigenvalue weighted by atomic mass is 35.5. The van der Waals surface area contributed by atoms with E-state index in [1.54, 1.807) is 24.3 Å². The van der Waals surface area contributed by atoms with Gasteiger partial charge in [-0.1, -0.05) is 35.3 Å². The summed E-state index contributed by atoms with van der Waals surface area (Å²) in [7, 11) is 0. The van der Waals surface area contributed by atoms with Crippen LogP contribution < -0.4 is 15.4 Å². The predicted molar refractivity (Wildman–Crippen MR) is 87.0 cm³/mol. The van der Waals surface area contributed by atoms with E-state index >= 15 is 0 Å². The molecule has 0 spiro atoms. The summed E-state index contributed by atoms with van der Waals surface area (Å²) < 4.78 is 5.61. The maximum atomic E-state index is 12.5. The van der Waals surface area contributed by atoms with Crippen molar-refractivity contribution in [2.24, 2.45) is 0 Å². The lowest BCUT2D eigenvalue weighted by Crippen LogP contribution is -2.56. The molecule has 1 unspecified atom stereocenters. The van der Waals surface area contributed by atoms with Crippen LogP contribution in [0.5, 0.6) is 5.75 Å². The van der Waals surface area contributed by atoms with Crippen molar-refractivity contribution in [2.45, 2.75) is 12.5 Å². The third kappa shape index (κ3) is 2.83. The molecule has 1 aliphatic heterocycles. The summed E-state index contributed by atoms with van der Waals surface area (Å²) in [4.78, 5) is 28.7. The van der Waals surface area contributed by atoms with Crippen LogP contribution in [0.25, 0.3) is 0 Å². The standard InChI is InChI=1S/C15H11Cl2N3O3/c1-15(13(21)19-10-4-2-3-5-11(10)23-15)14(22)20-12-9(17)6-8(16)7-18-12/h2-7H,1H3,(H,19,21)(H,18,20,22). The van der Waals surface area contributed by atoms with E-state index in [1.165, 1.54) is 19.2 Å². The van der Waals surface area contributed by atoms with Gasteiger partial charge in [-0.2, -0.15) is 0 Å². The molecule has 2 aromatic rings. The molecule has 0 fully saturated rings. The smallest absolute Gasteiger partial charge is 0.279 e. The third-order valence-electron chi connectivity index (χ3n) is 3.36. The van der Waals surface area contributed by atoms with E-state index in [2.05, 4.69) is 15.6 Å². The van der Waals surface area contributed by atoms with Gasteiger partial charge in [-0.3, -0.25) is 9.59 Å². The number of carbonyl (C=O) groups excluding carboxylic acids is 2. The average molecular weight is 352 g/mol. The molecular formula is C15H11Cl2N3O3. The molecule has 8 heteroatoms. The van der Waals surface area contributed by atoms with Crippen LogP contribution in [0.1, 0.15) is 6.92 Å².